The molecule has 0 aliphatic carbocycles. The van der Waals surface area contributed by atoms with Crippen LogP contribution in [0, 0.1) is 13.8 Å². The van der Waals surface area contributed by atoms with E-state index in [0.717, 1.165) is 15.6 Å². The zero-order valence-electron chi connectivity index (χ0n) is 15.3. The van der Waals surface area contributed by atoms with Gasteiger partial charge in [-0.3, -0.25) is 9.59 Å². The molecule has 0 aliphatic rings. The summed E-state index contributed by atoms with van der Waals surface area (Å²) < 4.78 is 0.786. The molecule has 136 valence electrons. The van der Waals surface area contributed by atoms with Crippen LogP contribution >= 0.6 is 15.9 Å². The fourth-order valence-electron chi connectivity index (χ4n) is 2.97. The van der Waals surface area contributed by atoms with Crippen molar-refractivity contribution in [3.63, 3.8) is 0 Å². The number of nitrogens with one attached hydrogen (secondary N) is 1. The van der Waals surface area contributed by atoms with Crippen LogP contribution in [0.25, 0.3) is 0 Å². The number of carbonyl (C=O) groups excluding carboxylic acids is 2. The smallest absolute Gasteiger partial charge is 0.228 e. The molecule has 3 rings (SSSR count). The van der Waals surface area contributed by atoms with Gasteiger partial charge in [-0.1, -0.05) is 70.0 Å². The molecule has 0 bridgehead atoms. The van der Waals surface area contributed by atoms with Crippen molar-refractivity contribution in [3.8, 4) is 0 Å². The maximum Gasteiger partial charge on any atom is 0.228 e. The molecule has 0 spiro atoms. The van der Waals surface area contributed by atoms with Crippen molar-refractivity contribution < 1.29 is 9.59 Å². The quantitative estimate of drug-likeness (QED) is 0.554. The monoisotopic (exact) mass is 421 g/mol. The van der Waals surface area contributed by atoms with Gasteiger partial charge in [-0.15, -0.1) is 0 Å². The van der Waals surface area contributed by atoms with Gasteiger partial charge in [-0.25, -0.2) is 0 Å². The third-order valence-corrected chi connectivity index (χ3v) is 4.88. The van der Waals surface area contributed by atoms with Crippen LogP contribution in [0.1, 0.15) is 32.6 Å². The zero-order chi connectivity index (χ0) is 19.4. The highest BCUT2D eigenvalue weighted by Crippen LogP contribution is 2.24. The van der Waals surface area contributed by atoms with Crippen molar-refractivity contribution in [1.82, 2.24) is 0 Å². The highest BCUT2D eigenvalue weighted by Gasteiger charge is 2.16. The number of rotatable bonds is 5. The van der Waals surface area contributed by atoms with E-state index in [1.165, 1.54) is 5.56 Å². The standard InChI is InChI=1S/C23H20BrNO2/c1-15-8-9-18(16(2)12-15)13-22(26)25-21-11-10-19(24)14-20(21)23(27)17-6-4-3-5-7-17/h3-12,14H,13H2,1-2H3,(H,25,26). The predicted molar refractivity (Wildman–Crippen MR) is 112 cm³/mol. The van der Waals surface area contributed by atoms with E-state index in [-0.39, 0.29) is 18.1 Å². The summed E-state index contributed by atoms with van der Waals surface area (Å²) in [5, 5.41) is 2.90. The summed E-state index contributed by atoms with van der Waals surface area (Å²) in [7, 11) is 0. The SMILES string of the molecule is Cc1ccc(CC(=O)Nc2ccc(Br)cc2C(=O)c2ccccc2)c(C)c1. The molecule has 4 heteroatoms. The summed E-state index contributed by atoms with van der Waals surface area (Å²) in [6.07, 6.45) is 0.265. The molecule has 0 fully saturated rings. The Morgan fingerprint density at radius 1 is 0.926 bits per heavy atom. The number of hydrogen-bond acceptors (Lipinski definition) is 2. The Kier molecular flexibility index (Phi) is 5.87. The third kappa shape index (κ3) is 4.72. The molecule has 0 radical (unpaired) electrons. The van der Waals surface area contributed by atoms with E-state index in [1.807, 2.05) is 50.2 Å². The Labute approximate surface area is 167 Å². The number of aryl methyl sites for hydroxylation is 2. The first-order valence-electron chi connectivity index (χ1n) is 8.69. The minimum absolute atomic E-state index is 0.126. The van der Waals surface area contributed by atoms with Gasteiger partial charge in [0.25, 0.3) is 0 Å². The molecule has 0 heterocycles. The van der Waals surface area contributed by atoms with Crippen LogP contribution in [0.2, 0.25) is 0 Å². The molecule has 3 aromatic rings. The summed E-state index contributed by atoms with van der Waals surface area (Å²) in [5.74, 6) is -0.273. The van der Waals surface area contributed by atoms with Crippen molar-refractivity contribution in [2.45, 2.75) is 20.3 Å². The van der Waals surface area contributed by atoms with E-state index in [2.05, 4.69) is 27.3 Å². The van der Waals surface area contributed by atoms with Crippen LogP contribution in [0.5, 0.6) is 0 Å². The van der Waals surface area contributed by atoms with Crippen LogP contribution in [-0.2, 0) is 11.2 Å². The molecule has 0 unspecified atom stereocenters. The normalized spacial score (nSPS) is 10.5. The van der Waals surface area contributed by atoms with Crippen LogP contribution in [-0.4, -0.2) is 11.7 Å². The summed E-state index contributed by atoms with van der Waals surface area (Å²) in [6, 6.07) is 20.4. The molecule has 0 aliphatic heterocycles. The topological polar surface area (TPSA) is 46.2 Å². The second-order valence-corrected chi connectivity index (χ2v) is 7.46. The number of amides is 1. The lowest BCUT2D eigenvalue weighted by atomic mass is 10.0. The van der Waals surface area contributed by atoms with E-state index in [9.17, 15) is 9.59 Å². The second-order valence-electron chi connectivity index (χ2n) is 6.54. The predicted octanol–water partition coefficient (Wildman–Crippen LogP) is 5.48. The van der Waals surface area contributed by atoms with Crippen molar-refractivity contribution in [1.29, 1.82) is 0 Å². The molecule has 0 saturated carbocycles. The summed E-state index contributed by atoms with van der Waals surface area (Å²) in [6.45, 7) is 4.03. The molecule has 3 nitrogen and oxygen atoms in total. The molecule has 0 saturated heterocycles. The lowest BCUT2D eigenvalue weighted by Gasteiger charge is -2.12. The van der Waals surface area contributed by atoms with Crippen LogP contribution in [0.4, 0.5) is 5.69 Å². The van der Waals surface area contributed by atoms with Crippen molar-refractivity contribution in [2.24, 2.45) is 0 Å². The van der Waals surface area contributed by atoms with Crippen molar-refractivity contribution in [2.75, 3.05) is 5.32 Å². The highest BCUT2D eigenvalue weighted by molar-refractivity contribution is 9.10. The van der Waals surface area contributed by atoms with Gasteiger partial charge in [0, 0.05) is 15.6 Å². The molecule has 0 aromatic heterocycles. The number of anilines is 1. The van der Waals surface area contributed by atoms with E-state index in [1.54, 1.807) is 24.3 Å². The Hall–Kier alpha value is -2.72. The summed E-state index contributed by atoms with van der Waals surface area (Å²) >= 11 is 3.41. The van der Waals surface area contributed by atoms with E-state index >= 15 is 0 Å². The van der Waals surface area contributed by atoms with Gasteiger partial charge in [-0.2, -0.15) is 0 Å². The van der Waals surface area contributed by atoms with Gasteiger partial charge >= 0.3 is 0 Å². The second kappa shape index (κ2) is 8.31. The molecule has 1 amide bonds. The maximum atomic E-state index is 12.9. The Bertz CT molecular complexity index is 997. The Morgan fingerprint density at radius 2 is 1.67 bits per heavy atom. The minimum atomic E-state index is -0.147. The molecular weight excluding hydrogens is 402 g/mol. The zero-order valence-corrected chi connectivity index (χ0v) is 16.8. The van der Waals surface area contributed by atoms with E-state index in [4.69, 9.17) is 0 Å². The van der Waals surface area contributed by atoms with Crippen molar-refractivity contribution in [3.05, 3.63) is 99.0 Å². The number of ketones is 1. The molecular formula is C23H20BrNO2. The molecule has 0 atom stereocenters. The average molecular weight is 422 g/mol. The van der Waals surface area contributed by atoms with Gasteiger partial charge in [-0.05, 0) is 43.2 Å². The minimum Gasteiger partial charge on any atom is -0.325 e. The lowest BCUT2D eigenvalue weighted by molar-refractivity contribution is -0.115. The molecule has 3 aromatic carbocycles. The van der Waals surface area contributed by atoms with Crippen LogP contribution < -0.4 is 5.32 Å². The van der Waals surface area contributed by atoms with Gasteiger partial charge in [0.05, 0.1) is 12.1 Å². The number of hydrogen-bond donors (Lipinski definition) is 1. The third-order valence-electron chi connectivity index (χ3n) is 4.39. The van der Waals surface area contributed by atoms with Gasteiger partial charge in [0.1, 0.15) is 0 Å². The Morgan fingerprint density at radius 3 is 2.37 bits per heavy atom. The first-order chi connectivity index (χ1) is 12.9. The molecule has 27 heavy (non-hydrogen) atoms. The van der Waals surface area contributed by atoms with Gasteiger partial charge in [0.15, 0.2) is 5.78 Å². The number of benzene rings is 3. The fraction of sp³-hybridized carbons (Fsp3) is 0.130. The summed E-state index contributed by atoms with van der Waals surface area (Å²) in [4.78, 5) is 25.5. The largest absolute Gasteiger partial charge is 0.325 e. The first-order valence-corrected chi connectivity index (χ1v) is 9.48. The Balaban J connectivity index is 1.84. The maximum absolute atomic E-state index is 12.9. The number of halogens is 1. The van der Waals surface area contributed by atoms with Crippen LogP contribution in [0.3, 0.4) is 0 Å². The lowest BCUT2D eigenvalue weighted by Crippen LogP contribution is -2.17. The van der Waals surface area contributed by atoms with Crippen LogP contribution in [0.15, 0.2) is 71.2 Å². The molecule has 1 N–H and O–H groups in total. The van der Waals surface area contributed by atoms with E-state index < -0.39 is 0 Å². The first kappa shape index (κ1) is 19.1. The fourth-order valence-corrected chi connectivity index (χ4v) is 3.33. The van der Waals surface area contributed by atoms with Gasteiger partial charge in [0.2, 0.25) is 5.91 Å². The van der Waals surface area contributed by atoms with Crippen molar-refractivity contribution >= 4 is 33.3 Å². The summed E-state index contributed by atoms with van der Waals surface area (Å²) in [5.41, 5.74) is 4.79. The van der Waals surface area contributed by atoms with Gasteiger partial charge < -0.3 is 5.32 Å². The highest BCUT2D eigenvalue weighted by atomic mass is 79.9. The number of carbonyl (C=O) groups is 2. The van der Waals surface area contributed by atoms with E-state index in [0.29, 0.717) is 16.8 Å². The average Bonchev–Trinajstić information content (AvgIpc) is 2.65.